The number of nitrogens with one attached hydrogen (secondary N) is 1. The van der Waals surface area contributed by atoms with E-state index in [1.54, 1.807) is 14.2 Å². The Morgan fingerprint density at radius 1 is 1.43 bits per heavy atom. The van der Waals surface area contributed by atoms with E-state index in [0.717, 1.165) is 30.7 Å². The van der Waals surface area contributed by atoms with E-state index < -0.39 is 0 Å². The number of amides is 1. The molecule has 1 aliphatic rings. The van der Waals surface area contributed by atoms with Gasteiger partial charge in [-0.2, -0.15) is 0 Å². The molecule has 0 spiro atoms. The van der Waals surface area contributed by atoms with Crippen LogP contribution in [0.15, 0.2) is 24.3 Å². The number of ether oxygens (including phenoxy) is 2. The molecule has 5 nitrogen and oxygen atoms in total. The molecule has 0 bridgehead atoms. The number of hydrogen-bond acceptors (Lipinski definition) is 4. The summed E-state index contributed by atoms with van der Waals surface area (Å²) in [4.78, 5) is 14.2. The highest BCUT2D eigenvalue weighted by atomic mass is 16.5. The maximum atomic E-state index is 12.2. The van der Waals surface area contributed by atoms with Crippen LogP contribution in [0.1, 0.15) is 12.0 Å². The Hall–Kier alpha value is -1.59. The van der Waals surface area contributed by atoms with Crippen LogP contribution in [0.4, 0.5) is 0 Å². The average molecular weight is 292 g/mol. The molecule has 1 saturated heterocycles. The van der Waals surface area contributed by atoms with Crippen LogP contribution >= 0.6 is 0 Å². The molecular formula is C16H24N2O3. The second-order valence-electron chi connectivity index (χ2n) is 5.44. The van der Waals surface area contributed by atoms with Crippen molar-refractivity contribution in [1.82, 2.24) is 10.2 Å². The number of methoxy groups -OCH3 is 2. The molecule has 1 aromatic carbocycles. The molecule has 2 atom stereocenters. The molecule has 0 radical (unpaired) electrons. The summed E-state index contributed by atoms with van der Waals surface area (Å²) >= 11 is 0. The molecule has 0 saturated carbocycles. The Labute approximate surface area is 126 Å². The van der Waals surface area contributed by atoms with E-state index in [4.69, 9.17) is 9.47 Å². The summed E-state index contributed by atoms with van der Waals surface area (Å²) < 4.78 is 10.5. The quantitative estimate of drug-likeness (QED) is 0.852. The minimum atomic E-state index is -0.0831. The van der Waals surface area contributed by atoms with Crippen LogP contribution in [0.2, 0.25) is 0 Å². The molecule has 0 aromatic heterocycles. The van der Waals surface area contributed by atoms with Crippen molar-refractivity contribution in [3.05, 3.63) is 29.8 Å². The lowest BCUT2D eigenvalue weighted by atomic mass is 10.1. The number of hydrogen-bond donors (Lipinski definition) is 1. The fourth-order valence-electron chi connectivity index (χ4n) is 2.71. The molecule has 116 valence electrons. The summed E-state index contributed by atoms with van der Waals surface area (Å²) in [6.45, 7) is 1.44. The lowest BCUT2D eigenvalue weighted by molar-refractivity contribution is -0.125. The number of nitrogens with zero attached hydrogens (tertiary/aromatic N) is 1. The van der Waals surface area contributed by atoms with Gasteiger partial charge >= 0.3 is 0 Å². The maximum Gasteiger partial charge on any atom is 0.237 e. The zero-order chi connectivity index (χ0) is 15.2. The average Bonchev–Trinajstić information content (AvgIpc) is 2.88. The van der Waals surface area contributed by atoms with Crippen molar-refractivity contribution < 1.29 is 14.3 Å². The number of likely N-dealkylation sites (tertiary alicyclic amines) is 1. The predicted octanol–water partition coefficient (Wildman–Crippen LogP) is 1.07. The third-order valence-corrected chi connectivity index (χ3v) is 3.99. The number of rotatable bonds is 6. The van der Waals surface area contributed by atoms with Crippen molar-refractivity contribution in [3.8, 4) is 5.75 Å². The first-order chi connectivity index (χ1) is 10.1. The summed E-state index contributed by atoms with van der Waals surface area (Å²) in [5.41, 5.74) is 1.16. The molecule has 0 aliphatic carbocycles. The molecule has 1 heterocycles. The van der Waals surface area contributed by atoms with Gasteiger partial charge in [-0.25, -0.2) is 0 Å². The van der Waals surface area contributed by atoms with E-state index >= 15 is 0 Å². The molecule has 21 heavy (non-hydrogen) atoms. The highest BCUT2D eigenvalue weighted by Gasteiger charge is 2.34. The summed E-state index contributed by atoms with van der Waals surface area (Å²) in [7, 11) is 5.32. The molecule has 1 fully saturated rings. The van der Waals surface area contributed by atoms with E-state index in [0.29, 0.717) is 6.54 Å². The van der Waals surface area contributed by atoms with Crippen LogP contribution < -0.4 is 10.1 Å². The normalized spacial score (nSPS) is 22.2. The fraction of sp³-hybridized carbons (Fsp3) is 0.562. The van der Waals surface area contributed by atoms with Gasteiger partial charge in [-0.15, -0.1) is 0 Å². The lowest BCUT2D eigenvalue weighted by Crippen LogP contribution is -2.42. The Morgan fingerprint density at radius 3 is 2.90 bits per heavy atom. The van der Waals surface area contributed by atoms with Crippen molar-refractivity contribution in [2.75, 3.05) is 34.4 Å². The van der Waals surface area contributed by atoms with Crippen LogP contribution in [0.5, 0.6) is 5.75 Å². The van der Waals surface area contributed by atoms with Crippen molar-refractivity contribution in [1.29, 1.82) is 0 Å². The summed E-state index contributed by atoms with van der Waals surface area (Å²) in [5.74, 6) is 0.928. The number of benzene rings is 1. The van der Waals surface area contributed by atoms with Gasteiger partial charge in [0.05, 0.1) is 19.3 Å². The van der Waals surface area contributed by atoms with Gasteiger partial charge in [-0.3, -0.25) is 9.69 Å². The van der Waals surface area contributed by atoms with Crippen LogP contribution in [0.3, 0.4) is 0 Å². The SMILES string of the molecule is COc1cccc(CCNC(=O)[C@@H]2C[C@H](OC)CN2C)c1. The Kier molecular flexibility index (Phi) is 5.59. The second-order valence-corrected chi connectivity index (χ2v) is 5.44. The molecule has 0 unspecified atom stereocenters. The third kappa shape index (κ3) is 4.19. The highest BCUT2D eigenvalue weighted by Crippen LogP contribution is 2.18. The summed E-state index contributed by atoms with van der Waals surface area (Å²) in [6.07, 6.45) is 1.72. The molecule has 1 aliphatic heterocycles. The Morgan fingerprint density at radius 2 is 2.24 bits per heavy atom. The van der Waals surface area contributed by atoms with Crippen molar-refractivity contribution >= 4 is 5.91 Å². The summed E-state index contributed by atoms with van der Waals surface area (Å²) in [5, 5.41) is 3.01. The molecule has 1 amide bonds. The fourth-order valence-corrected chi connectivity index (χ4v) is 2.71. The van der Waals surface area contributed by atoms with Gasteiger partial charge in [0.2, 0.25) is 5.91 Å². The van der Waals surface area contributed by atoms with Crippen LogP contribution in [-0.2, 0) is 16.0 Å². The zero-order valence-corrected chi connectivity index (χ0v) is 13.0. The van der Waals surface area contributed by atoms with E-state index in [1.165, 1.54) is 0 Å². The van der Waals surface area contributed by atoms with Gasteiger partial charge in [-0.1, -0.05) is 12.1 Å². The van der Waals surface area contributed by atoms with Gasteiger partial charge in [0.25, 0.3) is 0 Å². The molecular weight excluding hydrogens is 268 g/mol. The van der Waals surface area contributed by atoms with Crippen LogP contribution in [0, 0.1) is 0 Å². The van der Waals surface area contributed by atoms with Gasteiger partial charge < -0.3 is 14.8 Å². The predicted molar refractivity (Wildman–Crippen MR) is 81.5 cm³/mol. The van der Waals surface area contributed by atoms with Crippen molar-refractivity contribution in [2.24, 2.45) is 0 Å². The van der Waals surface area contributed by atoms with E-state index in [-0.39, 0.29) is 18.1 Å². The first kappa shape index (κ1) is 15.8. The minimum Gasteiger partial charge on any atom is -0.497 e. The molecule has 1 aromatic rings. The standard InChI is InChI=1S/C16H24N2O3/c1-18-11-14(21-3)10-15(18)16(19)17-8-7-12-5-4-6-13(9-12)20-2/h4-6,9,14-15H,7-8,10-11H2,1-3H3,(H,17,19)/t14-,15-/m0/s1. The van der Waals surface area contributed by atoms with E-state index in [2.05, 4.69) is 10.2 Å². The van der Waals surface area contributed by atoms with E-state index in [1.807, 2.05) is 31.3 Å². The van der Waals surface area contributed by atoms with Crippen molar-refractivity contribution in [3.63, 3.8) is 0 Å². The van der Waals surface area contributed by atoms with Gasteiger partial charge in [0.15, 0.2) is 0 Å². The minimum absolute atomic E-state index is 0.0831. The maximum absolute atomic E-state index is 12.2. The first-order valence-electron chi connectivity index (χ1n) is 7.27. The Balaban J connectivity index is 1.79. The van der Waals surface area contributed by atoms with Gasteiger partial charge in [-0.05, 0) is 37.6 Å². The van der Waals surface area contributed by atoms with Crippen molar-refractivity contribution in [2.45, 2.75) is 25.0 Å². The molecule has 1 N–H and O–H groups in total. The smallest absolute Gasteiger partial charge is 0.237 e. The highest BCUT2D eigenvalue weighted by molar-refractivity contribution is 5.82. The topological polar surface area (TPSA) is 50.8 Å². The molecule has 5 heteroatoms. The monoisotopic (exact) mass is 292 g/mol. The van der Waals surface area contributed by atoms with Gasteiger partial charge in [0, 0.05) is 20.2 Å². The Bertz CT molecular complexity index is 478. The van der Waals surface area contributed by atoms with E-state index in [9.17, 15) is 4.79 Å². The first-order valence-corrected chi connectivity index (χ1v) is 7.27. The van der Waals surface area contributed by atoms with Gasteiger partial charge in [0.1, 0.15) is 5.75 Å². The largest absolute Gasteiger partial charge is 0.497 e. The van der Waals surface area contributed by atoms with Crippen LogP contribution in [0.25, 0.3) is 0 Å². The van der Waals surface area contributed by atoms with Crippen LogP contribution in [-0.4, -0.2) is 57.3 Å². The number of likely N-dealkylation sites (N-methyl/N-ethyl adjacent to an activating group) is 1. The number of carbonyl (C=O) groups excluding carboxylic acids is 1. The lowest BCUT2D eigenvalue weighted by Gasteiger charge is -2.18. The molecule has 2 rings (SSSR count). The summed E-state index contributed by atoms with van der Waals surface area (Å²) in [6, 6.07) is 7.83. The number of carbonyl (C=O) groups is 1. The zero-order valence-electron chi connectivity index (χ0n) is 13.0. The second kappa shape index (κ2) is 7.43. The third-order valence-electron chi connectivity index (χ3n) is 3.99.